The third-order valence-corrected chi connectivity index (χ3v) is 2.74. The number of ether oxygens (including phenoxy) is 1. The highest BCUT2D eigenvalue weighted by Gasteiger charge is 2.29. The number of aryl methyl sites for hydroxylation is 1. The molecule has 2 rings (SSSR count). The molecule has 0 radical (unpaired) electrons. The van der Waals surface area contributed by atoms with E-state index in [0.29, 0.717) is 25.3 Å². The number of nitrogens with one attached hydrogen (secondary N) is 1. The van der Waals surface area contributed by atoms with Gasteiger partial charge in [-0.25, -0.2) is 4.79 Å². The molecule has 1 aliphatic rings. The lowest BCUT2D eigenvalue weighted by Crippen LogP contribution is -2.14. The van der Waals surface area contributed by atoms with E-state index >= 15 is 0 Å². The predicted molar refractivity (Wildman–Crippen MR) is 59.5 cm³/mol. The first-order valence-electron chi connectivity index (χ1n) is 5.59. The lowest BCUT2D eigenvalue weighted by atomic mass is 9.99. The number of esters is 1. The topological polar surface area (TPSA) is 73.2 Å². The zero-order valence-electron chi connectivity index (χ0n) is 9.90. The van der Waals surface area contributed by atoms with E-state index in [1.165, 1.54) is 0 Å². The van der Waals surface area contributed by atoms with E-state index in [1.807, 2.05) is 0 Å². The first-order valence-corrected chi connectivity index (χ1v) is 5.59. The minimum Gasteiger partial charge on any atom is -0.461 e. The van der Waals surface area contributed by atoms with Crippen LogP contribution in [0.25, 0.3) is 0 Å². The Balaban J connectivity index is 2.27. The van der Waals surface area contributed by atoms with Crippen LogP contribution >= 0.6 is 0 Å². The van der Waals surface area contributed by atoms with E-state index in [9.17, 15) is 9.59 Å². The van der Waals surface area contributed by atoms with Gasteiger partial charge in [0.1, 0.15) is 0 Å². The molecule has 1 N–H and O–H groups in total. The average molecular weight is 237 g/mol. The second-order valence-electron chi connectivity index (χ2n) is 4.03. The van der Waals surface area contributed by atoms with Crippen LogP contribution in [0.4, 0.5) is 0 Å². The van der Waals surface area contributed by atoms with Crippen molar-refractivity contribution in [2.24, 2.45) is 7.05 Å². The first-order chi connectivity index (χ1) is 8.11. The van der Waals surface area contributed by atoms with Gasteiger partial charge in [0.2, 0.25) is 5.91 Å². The van der Waals surface area contributed by atoms with Crippen molar-refractivity contribution in [1.82, 2.24) is 15.1 Å². The summed E-state index contributed by atoms with van der Waals surface area (Å²) in [5, 5.41) is 6.85. The van der Waals surface area contributed by atoms with Crippen LogP contribution in [-0.2, 0) is 16.6 Å². The van der Waals surface area contributed by atoms with Crippen molar-refractivity contribution in [3.05, 3.63) is 17.5 Å². The quantitative estimate of drug-likeness (QED) is 0.762. The molecule has 92 valence electrons. The molecule has 6 nitrogen and oxygen atoms in total. The molecule has 0 aliphatic carbocycles. The van der Waals surface area contributed by atoms with E-state index in [1.54, 1.807) is 24.9 Å². The van der Waals surface area contributed by atoms with Crippen molar-refractivity contribution in [3.63, 3.8) is 0 Å². The van der Waals surface area contributed by atoms with Gasteiger partial charge in [-0.05, 0) is 6.92 Å². The molecule has 2 heterocycles. The van der Waals surface area contributed by atoms with Gasteiger partial charge in [0, 0.05) is 37.7 Å². The van der Waals surface area contributed by atoms with Gasteiger partial charge >= 0.3 is 5.97 Å². The van der Waals surface area contributed by atoms with Gasteiger partial charge in [0.25, 0.3) is 0 Å². The van der Waals surface area contributed by atoms with E-state index in [0.717, 1.165) is 5.56 Å². The highest BCUT2D eigenvalue weighted by Crippen LogP contribution is 2.25. The van der Waals surface area contributed by atoms with E-state index in [2.05, 4.69) is 10.4 Å². The number of amides is 1. The maximum atomic E-state index is 11.7. The van der Waals surface area contributed by atoms with E-state index in [4.69, 9.17) is 4.74 Å². The lowest BCUT2D eigenvalue weighted by Gasteiger charge is -2.06. The number of aromatic nitrogens is 2. The molecule has 0 bridgehead atoms. The van der Waals surface area contributed by atoms with Gasteiger partial charge < -0.3 is 10.1 Å². The van der Waals surface area contributed by atoms with Crippen molar-refractivity contribution in [1.29, 1.82) is 0 Å². The van der Waals surface area contributed by atoms with Crippen molar-refractivity contribution in [2.45, 2.75) is 19.3 Å². The minimum atomic E-state index is -0.428. The smallest absolute Gasteiger partial charge is 0.359 e. The summed E-state index contributed by atoms with van der Waals surface area (Å²) in [6.45, 7) is 2.62. The van der Waals surface area contributed by atoms with Crippen molar-refractivity contribution in [3.8, 4) is 0 Å². The Morgan fingerprint density at radius 2 is 2.47 bits per heavy atom. The molecule has 1 amide bonds. The largest absolute Gasteiger partial charge is 0.461 e. The first kappa shape index (κ1) is 11.6. The van der Waals surface area contributed by atoms with Gasteiger partial charge in [0.05, 0.1) is 6.61 Å². The number of carbonyl (C=O) groups excluding carboxylic acids is 2. The van der Waals surface area contributed by atoms with Crippen LogP contribution in [0.3, 0.4) is 0 Å². The molecule has 1 saturated heterocycles. The number of rotatable bonds is 3. The van der Waals surface area contributed by atoms with Crippen LogP contribution in [0.1, 0.15) is 35.3 Å². The second-order valence-corrected chi connectivity index (χ2v) is 4.03. The number of hydrogen-bond acceptors (Lipinski definition) is 4. The molecule has 0 spiro atoms. The lowest BCUT2D eigenvalue weighted by molar-refractivity contribution is -0.119. The van der Waals surface area contributed by atoms with Crippen LogP contribution in [-0.4, -0.2) is 34.8 Å². The summed E-state index contributed by atoms with van der Waals surface area (Å²) in [7, 11) is 1.75. The highest BCUT2D eigenvalue weighted by molar-refractivity contribution is 5.90. The fourth-order valence-corrected chi connectivity index (χ4v) is 1.99. The summed E-state index contributed by atoms with van der Waals surface area (Å²) in [6.07, 6.45) is 2.18. The third-order valence-electron chi connectivity index (χ3n) is 2.74. The fraction of sp³-hybridized carbons (Fsp3) is 0.545. The Morgan fingerprint density at radius 1 is 1.71 bits per heavy atom. The molecule has 1 aliphatic heterocycles. The minimum absolute atomic E-state index is 0.00802. The van der Waals surface area contributed by atoms with Crippen LogP contribution in [0.2, 0.25) is 0 Å². The highest BCUT2D eigenvalue weighted by atomic mass is 16.5. The number of hydrogen-bond donors (Lipinski definition) is 1. The molecule has 6 heteroatoms. The van der Waals surface area contributed by atoms with Crippen LogP contribution in [0, 0.1) is 0 Å². The Hall–Kier alpha value is -1.85. The van der Waals surface area contributed by atoms with Crippen molar-refractivity contribution >= 4 is 11.9 Å². The van der Waals surface area contributed by atoms with Crippen LogP contribution in [0.5, 0.6) is 0 Å². The van der Waals surface area contributed by atoms with Gasteiger partial charge in [-0.1, -0.05) is 0 Å². The molecule has 1 aromatic heterocycles. The molecule has 1 fully saturated rings. The van der Waals surface area contributed by atoms with E-state index < -0.39 is 5.97 Å². The summed E-state index contributed by atoms with van der Waals surface area (Å²) in [6, 6.07) is 0. The maximum absolute atomic E-state index is 11.7. The fourth-order valence-electron chi connectivity index (χ4n) is 1.99. The van der Waals surface area contributed by atoms with Crippen molar-refractivity contribution < 1.29 is 14.3 Å². The SMILES string of the molecule is CCOC(=O)c1nn(C)cc1C1CNC(=O)C1. The van der Waals surface area contributed by atoms with E-state index in [-0.39, 0.29) is 11.8 Å². The monoisotopic (exact) mass is 237 g/mol. The second kappa shape index (κ2) is 4.57. The van der Waals surface area contributed by atoms with Gasteiger partial charge in [-0.2, -0.15) is 5.10 Å². The number of carbonyl (C=O) groups is 2. The molecule has 0 aromatic carbocycles. The zero-order chi connectivity index (χ0) is 12.4. The Morgan fingerprint density at radius 3 is 3.06 bits per heavy atom. The van der Waals surface area contributed by atoms with Crippen LogP contribution in [0.15, 0.2) is 6.20 Å². The Labute approximate surface area is 98.9 Å². The maximum Gasteiger partial charge on any atom is 0.359 e. The Kier molecular flexibility index (Phi) is 3.12. The molecule has 0 saturated carbocycles. The summed E-state index contributed by atoms with van der Waals surface area (Å²) >= 11 is 0. The zero-order valence-corrected chi connectivity index (χ0v) is 9.90. The predicted octanol–water partition coefficient (Wildman–Crippen LogP) is 0.200. The van der Waals surface area contributed by atoms with Gasteiger partial charge in [0.15, 0.2) is 5.69 Å². The van der Waals surface area contributed by atoms with Gasteiger partial charge in [-0.3, -0.25) is 9.48 Å². The van der Waals surface area contributed by atoms with Crippen LogP contribution < -0.4 is 5.32 Å². The molecular formula is C11H15N3O3. The van der Waals surface area contributed by atoms with Gasteiger partial charge in [-0.15, -0.1) is 0 Å². The third kappa shape index (κ3) is 2.30. The Bertz CT molecular complexity index is 453. The number of nitrogens with zero attached hydrogens (tertiary/aromatic N) is 2. The standard InChI is InChI=1S/C11H15N3O3/c1-3-17-11(16)10-8(6-14(2)13-10)7-4-9(15)12-5-7/h6-7H,3-5H2,1-2H3,(H,12,15). The molecule has 1 atom stereocenters. The summed E-state index contributed by atoms with van der Waals surface area (Å²) in [5.41, 5.74) is 1.10. The summed E-state index contributed by atoms with van der Waals surface area (Å²) < 4.78 is 6.52. The summed E-state index contributed by atoms with van der Waals surface area (Å²) in [4.78, 5) is 22.9. The molecular weight excluding hydrogens is 222 g/mol. The molecule has 17 heavy (non-hydrogen) atoms. The normalized spacial score (nSPS) is 19.2. The molecule has 1 unspecified atom stereocenters. The molecule has 1 aromatic rings. The average Bonchev–Trinajstić information content (AvgIpc) is 2.84. The summed E-state index contributed by atoms with van der Waals surface area (Å²) in [5.74, 6) is -0.410. The van der Waals surface area contributed by atoms with Crippen molar-refractivity contribution in [2.75, 3.05) is 13.2 Å².